The Hall–Kier alpha value is -4.14. The maximum Gasteiger partial charge on any atom is 0.0681 e. The molecule has 192 valence electrons. The molecule has 2 heteroatoms. The summed E-state index contributed by atoms with van der Waals surface area (Å²) in [6.07, 6.45) is 0. The minimum Gasteiger partial charge on any atom is -0.392 e. The van der Waals surface area contributed by atoms with Crippen molar-refractivity contribution in [2.45, 2.75) is 45.1 Å². The smallest absolute Gasteiger partial charge is 0.0681 e. The zero-order valence-corrected chi connectivity index (χ0v) is 23.0. The third-order valence-corrected chi connectivity index (χ3v) is 9.01. The average Bonchev–Trinajstić information content (AvgIpc) is 3.18. The first-order valence-corrected chi connectivity index (χ1v) is 13.8. The number of aliphatic hydroxyl groups excluding tert-OH is 1. The molecule has 2 aliphatic rings. The number of anilines is 3. The second-order valence-electron chi connectivity index (χ2n) is 12.0. The third kappa shape index (κ3) is 3.45. The zero-order chi connectivity index (χ0) is 26.9. The van der Waals surface area contributed by atoms with Crippen LogP contribution in [0.4, 0.5) is 17.1 Å². The van der Waals surface area contributed by atoms with Crippen LogP contribution in [0.1, 0.15) is 55.5 Å². The molecule has 0 saturated heterocycles. The van der Waals surface area contributed by atoms with Gasteiger partial charge in [0.05, 0.1) is 18.0 Å². The summed E-state index contributed by atoms with van der Waals surface area (Å²) in [6, 6.07) is 39.7. The number of fused-ring (bicyclic) bond motifs is 5. The van der Waals surface area contributed by atoms with E-state index in [4.69, 9.17) is 0 Å². The number of nitrogens with zero attached hydrogens (tertiary/aromatic N) is 1. The van der Waals surface area contributed by atoms with Crippen molar-refractivity contribution in [2.75, 3.05) is 4.90 Å². The molecule has 5 aromatic carbocycles. The summed E-state index contributed by atoms with van der Waals surface area (Å²) in [5.74, 6) is 0. The van der Waals surface area contributed by atoms with Crippen molar-refractivity contribution in [3.05, 3.63) is 137 Å². The van der Waals surface area contributed by atoms with Crippen LogP contribution in [0.15, 0.2) is 109 Å². The molecule has 5 aromatic rings. The standard InChI is InChI=1S/C37H33NO/c1-36(2)30-12-8-9-13-34(30)38(27-10-6-5-7-11-27)35-22-32-29(21-33(35)36)28-19-18-26(20-31(28)37(32,3)4)25-16-14-24(23-39)15-17-25/h5-22,39H,23H2,1-4H3. The fourth-order valence-electron chi connectivity index (χ4n) is 6.76. The summed E-state index contributed by atoms with van der Waals surface area (Å²) >= 11 is 0. The van der Waals surface area contributed by atoms with E-state index < -0.39 is 0 Å². The van der Waals surface area contributed by atoms with Crippen molar-refractivity contribution < 1.29 is 5.11 Å². The minimum atomic E-state index is -0.135. The molecule has 0 unspecified atom stereocenters. The largest absolute Gasteiger partial charge is 0.392 e. The zero-order valence-electron chi connectivity index (χ0n) is 23.0. The number of hydrogen-bond donors (Lipinski definition) is 1. The van der Waals surface area contributed by atoms with Crippen LogP contribution < -0.4 is 4.90 Å². The fourth-order valence-corrected chi connectivity index (χ4v) is 6.76. The molecular formula is C37H33NO. The van der Waals surface area contributed by atoms with Crippen LogP contribution >= 0.6 is 0 Å². The molecule has 0 radical (unpaired) electrons. The molecule has 1 aliphatic heterocycles. The molecule has 0 bridgehead atoms. The Labute approximate surface area is 231 Å². The van der Waals surface area contributed by atoms with E-state index in [2.05, 4.69) is 130 Å². The van der Waals surface area contributed by atoms with E-state index in [0.717, 1.165) is 5.56 Å². The number of hydrogen-bond acceptors (Lipinski definition) is 2. The maximum absolute atomic E-state index is 9.47. The van der Waals surface area contributed by atoms with Crippen LogP contribution in [-0.4, -0.2) is 5.11 Å². The minimum absolute atomic E-state index is 0.0672. The third-order valence-electron chi connectivity index (χ3n) is 9.01. The maximum atomic E-state index is 9.47. The predicted octanol–water partition coefficient (Wildman–Crippen LogP) is 9.26. The molecular weight excluding hydrogens is 474 g/mol. The van der Waals surface area contributed by atoms with E-state index in [9.17, 15) is 5.11 Å². The van der Waals surface area contributed by atoms with Gasteiger partial charge in [-0.25, -0.2) is 0 Å². The summed E-state index contributed by atoms with van der Waals surface area (Å²) < 4.78 is 0. The van der Waals surface area contributed by atoms with Gasteiger partial charge in [0.15, 0.2) is 0 Å². The van der Waals surface area contributed by atoms with Crippen LogP contribution in [0.2, 0.25) is 0 Å². The van der Waals surface area contributed by atoms with Gasteiger partial charge in [-0.1, -0.05) is 100 Å². The Bertz CT molecular complexity index is 1730. The van der Waals surface area contributed by atoms with Crippen molar-refractivity contribution in [2.24, 2.45) is 0 Å². The highest BCUT2D eigenvalue weighted by atomic mass is 16.3. The highest BCUT2D eigenvalue weighted by Gasteiger charge is 2.42. The lowest BCUT2D eigenvalue weighted by Crippen LogP contribution is -2.31. The Morgan fingerprint density at radius 1 is 0.538 bits per heavy atom. The first-order chi connectivity index (χ1) is 18.8. The molecule has 1 heterocycles. The lowest BCUT2D eigenvalue weighted by atomic mass is 9.72. The molecule has 0 saturated carbocycles. The molecule has 0 fully saturated rings. The predicted molar refractivity (Wildman–Crippen MR) is 162 cm³/mol. The number of para-hydroxylation sites is 2. The summed E-state index contributed by atoms with van der Waals surface area (Å²) in [5, 5.41) is 9.47. The average molecular weight is 508 g/mol. The number of rotatable bonds is 3. The van der Waals surface area contributed by atoms with E-state index >= 15 is 0 Å². The van der Waals surface area contributed by atoms with Gasteiger partial charge in [0, 0.05) is 16.5 Å². The number of benzene rings is 5. The molecule has 0 spiro atoms. The van der Waals surface area contributed by atoms with Gasteiger partial charge in [-0.3, -0.25) is 0 Å². The Morgan fingerprint density at radius 3 is 1.92 bits per heavy atom. The van der Waals surface area contributed by atoms with Gasteiger partial charge in [-0.15, -0.1) is 0 Å². The van der Waals surface area contributed by atoms with Crippen LogP contribution in [-0.2, 0) is 17.4 Å². The molecule has 0 amide bonds. The SMILES string of the molecule is CC1(C)c2cc(-c3ccc(CO)cc3)ccc2-c2cc3c(cc21)N(c1ccccc1)c1ccccc1C3(C)C. The molecule has 0 aromatic heterocycles. The Balaban J connectivity index is 1.44. The molecule has 0 atom stereocenters. The summed E-state index contributed by atoms with van der Waals surface area (Å²) in [5.41, 5.74) is 14.9. The van der Waals surface area contributed by atoms with Crippen molar-refractivity contribution in [3.8, 4) is 22.3 Å². The van der Waals surface area contributed by atoms with Gasteiger partial charge in [0.1, 0.15) is 0 Å². The normalized spacial score (nSPS) is 15.8. The summed E-state index contributed by atoms with van der Waals surface area (Å²) in [7, 11) is 0. The van der Waals surface area contributed by atoms with E-state index in [1.54, 1.807) is 0 Å². The fraction of sp³-hybridized carbons (Fsp3) is 0.189. The van der Waals surface area contributed by atoms with E-state index in [0.29, 0.717) is 0 Å². The van der Waals surface area contributed by atoms with E-state index in [1.165, 1.54) is 61.6 Å². The molecule has 39 heavy (non-hydrogen) atoms. The molecule has 2 nitrogen and oxygen atoms in total. The molecule has 1 aliphatic carbocycles. The monoisotopic (exact) mass is 507 g/mol. The Kier molecular flexibility index (Phi) is 5.17. The second kappa shape index (κ2) is 8.43. The summed E-state index contributed by atoms with van der Waals surface area (Å²) in [4.78, 5) is 2.45. The van der Waals surface area contributed by atoms with Gasteiger partial charge < -0.3 is 10.0 Å². The first-order valence-electron chi connectivity index (χ1n) is 13.8. The van der Waals surface area contributed by atoms with Crippen LogP contribution in [0.5, 0.6) is 0 Å². The van der Waals surface area contributed by atoms with Gasteiger partial charge >= 0.3 is 0 Å². The Morgan fingerprint density at radius 2 is 1.18 bits per heavy atom. The van der Waals surface area contributed by atoms with E-state index in [-0.39, 0.29) is 17.4 Å². The van der Waals surface area contributed by atoms with Crippen molar-refractivity contribution >= 4 is 17.1 Å². The van der Waals surface area contributed by atoms with Crippen LogP contribution in [0, 0.1) is 0 Å². The van der Waals surface area contributed by atoms with Crippen LogP contribution in [0.25, 0.3) is 22.3 Å². The number of aliphatic hydroxyl groups is 1. The van der Waals surface area contributed by atoms with Gasteiger partial charge in [-0.2, -0.15) is 0 Å². The lowest BCUT2D eigenvalue weighted by Gasteiger charge is -2.42. The quantitative estimate of drug-likeness (QED) is 0.263. The molecule has 7 rings (SSSR count). The molecule has 1 N–H and O–H groups in total. The lowest BCUT2D eigenvalue weighted by molar-refractivity contribution is 0.282. The highest BCUT2D eigenvalue weighted by Crippen LogP contribution is 2.57. The van der Waals surface area contributed by atoms with Crippen molar-refractivity contribution in [1.29, 1.82) is 0 Å². The van der Waals surface area contributed by atoms with Gasteiger partial charge in [0.2, 0.25) is 0 Å². The second-order valence-corrected chi connectivity index (χ2v) is 12.0. The van der Waals surface area contributed by atoms with E-state index in [1.807, 2.05) is 12.1 Å². The highest BCUT2D eigenvalue weighted by molar-refractivity contribution is 5.92. The van der Waals surface area contributed by atoms with Gasteiger partial charge in [0.25, 0.3) is 0 Å². The van der Waals surface area contributed by atoms with Crippen LogP contribution in [0.3, 0.4) is 0 Å². The van der Waals surface area contributed by atoms with Gasteiger partial charge in [-0.05, 0) is 86.5 Å². The van der Waals surface area contributed by atoms with Crippen molar-refractivity contribution in [3.63, 3.8) is 0 Å². The van der Waals surface area contributed by atoms with Crippen molar-refractivity contribution in [1.82, 2.24) is 0 Å². The summed E-state index contributed by atoms with van der Waals surface area (Å²) in [6.45, 7) is 9.51. The first kappa shape index (κ1) is 23.9. The topological polar surface area (TPSA) is 23.5 Å².